The molecule has 0 unspecified atom stereocenters. The largest absolute Gasteiger partial charge is 0.491 e. The molecule has 0 amide bonds. The lowest BCUT2D eigenvalue weighted by Gasteiger charge is -2.15. The molecule has 3 aromatic rings. The molecule has 2 aliphatic heterocycles. The van der Waals surface area contributed by atoms with Crippen molar-refractivity contribution in [2.45, 2.75) is 24.4 Å². The van der Waals surface area contributed by atoms with E-state index in [4.69, 9.17) is 35.7 Å². The summed E-state index contributed by atoms with van der Waals surface area (Å²) in [5, 5.41) is 19.2. The van der Waals surface area contributed by atoms with Gasteiger partial charge in [0.15, 0.2) is 11.8 Å². The standard InChI is InChI=1S/C20H20ClN3O6/c21-12-7-13-19(23-16(12)10-1-3-11(4-2-10)27-6-5-25)24-20(22-13)30-15-9-29-17-14(26)8-28-18(15)17/h1-4,7,14-15,17-18,25-26H,5-6,8-9H2,(H,22,23,24)/t14-,15-,17-,18-/m1/s1. The lowest BCUT2D eigenvalue weighted by molar-refractivity contribution is 0.00706. The van der Waals surface area contributed by atoms with Crippen LogP contribution < -0.4 is 9.47 Å². The number of nitrogens with zero attached hydrogens (tertiary/aromatic N) is 2. The molecule has 1 aromatic carbocycles. The lowest BCUT2D eigenvalue weighted by Crippen LogP contribution is -2.34. The van der Waals surface area contributed by atoms with E-state index in [9.17, 15) is 5.11 Å². The Hall–Kier alpha value is -2.43. The average molecular weight is 434 g/mol. The van der Waals surface area contributed by atoms with Gasteiger partial charge in [0.05, 0.1) is 36.1 Å². The fourth-order valence-electron chi connectivity index (χ4n) is 3.71. The molecular formula is C20H20ClN3O6. The topological polar surface area (TPSA) is 119 Å². The molecular weight excluding hydrogens is 414 g/mol. The first kappa shape index (κ1) is 19.5. The van der Waals surface area contributed by atoms with Gasteiger partial charge in [-0.1, -0.05) is 11.6 Å². The van der Waals surface area contributed by atoms with Crippen molar-refractivity contribution in [2.75, 3.05) is 26.4 Å². The molecule has 3 N–H and O–H groups in total. The van der Waals surface area contributed by atoms with Crippen molar-refractivity contribution in [1.82, 2.24) is 15.0 Å². The Bertz CT molecular complexity index is 1040. The maximum atomic E-state index is 9.85. The van der Waals surface area contributed by atoms with Gasteiger partial charge in [-0.2, -0.15) is 4.98 Å². The minimum atomic E-state index is -0.636. The summed E-state index contributed by atoms with van der Waals surface area (Å²) in [6.07, 6.45) is -1.70. The lowest BCUT2D eigenvalue weighted by atomic mass is 10.1. The molecule has 2 saturated heterocycles. The van der Waals surface area contributed by atoms with Crippen LogP contribution in [0.25, 0.3) is 22.4 Å². The Balaban J connectivity index is 1.37. The van der Waals surface area contributed by atoms with Crippen LogP contribution in [0, 0.1) is 0 Å². The first-order chi connectivity index (χ1) is 14.6. The third kappa shape index (κ3) is 3.59. The number of nitrogens with one attached hydrogen (secondary N) is 1. The molecule has 30 heavy (non-hydrogen) atoms. The van der Waals surface area contributed by atoms with Crippen LogP contribution in [0.3, 0.4) is 0 Å². The number of aromatic nitrogens is 3. The highest BCUT2D eigenvalue weighted by atomic mass is 35.5. The summed E-state index contributed by atoms with van der Waals surface area (Å²) in [4.78, 5) is 12.1. The van der Waals surface area contributed by atoms with Crippen molar-refractivity contribution in [1.29, 1.82) is 0 Å². The predicted octanol–water partition coefficient (Wildman–Crippen LogP) is 1.56. The number of pyridine rings is 1. The van der Waals surface area contributed by atoms with Gasteiger partial charge in [0.1, 0.15) is 30.7 Å². The Kier molecular flexibility index (Phi) is 5.21. The van der Waals surface area contributed by atoms with E-state index in [1.807, 2.05) is 12.1 Å². The number of halogens is 1. The zero-order chi connectivity index (χ0) is 20.7. The van der Waals surface area contributed by atoms with Crippen LogP contribution in [-0.4, -0.2) is 76.0 Å². The normalized spacial score (nSPS) is 25.6. The van der Waals surface area contributed by atoms with Crippen molar-refractivity contribution in [2.24, 2.45) is 0 Å². The number of hydrogen-bond acceptors (Lipinski definition) is 8. The minimum absolute atomic E-state index is 0.0452. The Labute approximate surface area is 176 Å². The quantitative estimate of drug-likeness (QED) is 0.536. The van der Waals surface area contributed by atoms with Crippen LogP contribution in [0.5, 0.6) is 11.8 Å². The van der Waals surface area contributed by atoms with Gasteiger partial charge < -0.3 is 34.1 Å². The van der Waals surface area contributed by atoms with E-state index in [1.165, 1.54) is 0 Å². The van der Waals surface area contributed by atoms with Crippen LogP contribution >= 0.6 is 11.6 Å². The third-order valence-corrected chi connectivity index (χ3v) is 5.43. The van der Waals surface area contributed by atoms with Gasteiger partial charge in [-0.05, 0) is 30.3 Å². The molecule has 2 aliphatic rings. The van der Waals surface area contributed by atoms with E-state index < -0.39 is 6.10 Å². The Morgan fingerprint density at radius 1 is 1.13 bits per heavy atom. The first-order valence-corrected chi connectivity index (χ1v) is 9.98. The van der Waals surface area contributed by atoms with Crippen LogP contribution in [0.15, 0.2) is 30.3 Å². The molecule has 10 heteroatoms. The van der Waals surface area contributed by atoms with Crippen LogP contribution in [0.1, 0.15) is 0 Å². The number of ether oxygens (including phenoxy) is 4. The Morgan fingerprint density at radius 3 is 2.73 bits per heavy atom. The second-order valence-electron chi connectivity index (χ2n) is 7.15. The van der Waals surface area contributed by atoms with Gasteiger partial charge >= 0.3 is 0 Å². The van der Waals surface area contributed by atoms with Gasteiger partial charge in [-0.25, -0.2) is 4.98 Å². The van der Waals surface area contributed by atoms with Gasteiger partial charge in [0.25, 0.3) is 6.01 Å². The molecule has 0 saturated carbocycles. The molecule has 0 radical (unpaired) electrons. The van der Waals surface area contributed by atoms with Gasteiger partial charge in [0, 0.05) is 5.56 Å². The molecule has 4 atom stereocenters. The maximum Gasteiger partial charge on any atom is 0.296 e. The van der Waals surface area contributed by atoms with Crippen molar-refractivity contribution in [3.05, 3.63) is 35.4 Å². The van der Waals surface area contributed by atoms with Crippen LogP contribution in [-0.2, 0) is 9.47 Å². The number of imidazole rings is 1. The molecule has 0 spiro atoms. The van der Waals surface area contributed by atoms with Gasteiger partial charge in [0.2, 0.25) is 0 Å². The SMILES string of the molecule is OCCOc1ccc(-c2nc3nc(O[C@@H]4CO[C@H]5[C@@H]4OC[C@H]5O)[nH]c3cc2Cl)cc1. The summed E-state index contributed by atoms with van der Waals surface area (Å²) < 4.78 is 22.4. The first-order valence-electron chi connectivity index (χ1n) is 9.60. The van der Waals surface area contributed by atoms with E-state index in [-0.39, 0.29) is 44.1 Å². The van der Waals surface area contributed by atoms with Gasteiger partial charge in [-0.15, -0.1) is 0 Å². The number of hydrogen-bond donors (Lipinski definition) is 3. The van der Waals surface area contributed by atoms with Crippen LogP contribution in [0.2, 0.25) is 5.02 Å². The summed E-state index contributed by atoms with van der Waals surface area (Å²) in [6, 6.07) is 9.31. The summed E-state index contributed by atoms with van der Waals surface area (Å²) in [7, 11) is 0. The number of H-pyrrole nitrogens is 1. The third-order valence-electron chi connectivity index (χ3n) is 5.14. The summed E-state index contributed by atoms with van der Waals surface area (Å²) >= 11 is 6.45. The molecule has 2 fully saturated rings. The van der Waals surface area contributed by atoms with E-state index >= 15 is 0 Å². The van der Waals surface area contributed by atoms with Crippen LogP contribution in [0.4, 0.5) is 0 Å². The average Bonchev–Trinajstić information content (AvgIpc) is 3.43. The molecule has 0 bridgehead atoms. The highest BCUT2D eigenvalue weighted by Crippen LogP contribution is 2.32. The number of fused-ring (bicyclic) bond motifs is 2. The fraction of sp³-hybridized carbons (Fsp3) is 0.400. The molecule has 9 nitrogen and oxygen atoms in total. The summed E-state index contributed by atoms with van der Waals surface area (Å²) in [6.45, 7) is 0.738. The van der Waals surface area contributed by atoms with Crippen molar-refractivity contribution in [3.63, 3.8) is 0 Å². The second kappa shape index (κ2) is 8.01. The number of aliphatic hydroxyl groups is 2. The van der Waals surface area contributed by atoms with Crippen molar-refractivity contribution in [3.8, 4) is 23.0 Å². The summed E-state index contributed by atoms with van der Waals surface area (Å²) in [5.74, 6) is 0.650. The second-order valence-corrected chi connectivity index (χ2v) is 7.56. The number of rotatable bonds is 6. The minimum Gasteiger partial charge on any atom is -0.491 e. The summed E-state index contributed by atoms with van der Waals surface area (Å²) in [5.41, 5.74) is 2.50. The maximum absolute atomic E-state index is 9.85. The predicted molar refractivity (Wildman–Crippen MR) is 107 cm³/mol. The fourth-order valence-corrected chi connectivity index (χ4v) is 3.98. The van der Waals surface area contributed by atoms with Crippen molar-refractivity contribution >= 4 is 22.8 Å². The molecule has 5 rings (SSSR count). The van der Waals surface area contributed by atoms with E-state index in [0.717, 1.165) is 5.56 Å². The zero-order valence-corrected chi connectivity index (χ0v) is 16.6. The van der Waals surface area contributed by atoms with Crippen molar-refractivity contribution < 1.29 is 29.2 Å². The highest BCUT2D eigenvalue weighted by Gasteiger charge is 2.48. The molecule has 2 aromatic heterocycles. The zero-order valence-electron chi connectivity index (χ0n) is 15.8. The smallest absolute Gasteiger partial charge is 0.296 e. The number of aromatic amines is 1. The van der Waals surface area contributed by atoms with E-state index in [1.54, 1.807) is 18.2 Å². The number of aliphatic hydroxyl groups excluding tert-OH is 2. The van der Waals surface area contributed by atoms with Gasteiger partial charge in [-0.3, -0.25) is 0 Å². The Morgan fingerprint density at radius 2 is 1.93 bits per heavy atom. The molecule has 4 heterocycles. The van der Waals surface area contributed by atoms with E-state index in [0.29, 0.717) is 34.2 Å². The molecule has 158 valence electrons. The number of benzene rings is 1. The van der Waals surface area contributed by atoms with E-state index in [2.05, 4.69) is 15.0 Å². The highest BCUT2D eigenvalue weighted by molar-refractivity contribution is 6.33. The molecule has 0 aliphatic carbocycles. The monoisotopic (exact) mass is 433 g/mol.